The Balaban J connectivity index is 0.984. The molecule has 0 saturated carbocycles. The Morgan fingerprint density at radius 1 is 0.203 bits per heavy atom. The lowest BCUT2D eigenvalue weighted by molar-refractivity contribution is 1.28. The van der Waals surface area contributed by atoms with Crippen molar-refractivity contribution in [2.24, 2.45) is 0 Å². The van der Waals surface area contributed by atoms with Crippen LogP contribution in [0.1, 0.15) is 0 Å². The molecule has 0 fully saturated rings. The zero-order valence-corrected chi connectivity index (χ0v) is 32.5. The highest BCUT2D eigenvalue weighted by Crippen LogP contribution is 2.43. The van der Waals surface area contributed by atoms with Crippen LogP contribution in [0.5, 0.6) is 0 Å². The van der Waals surface area contributed by atoms with Gasteiger partial charge in [0.1, 0.15) is 0 Å². The Hall–Kier alpha value is -7.74. The lowest BCUT2D eigenvalue weighted by Crippen LogP contribution is -2.09. The second-order valence-electron chi connectivity index (χ2n) is 15.3. The Morgan fingerprint density at radius 3 is 1.20 bits per heavy atom. The molecule has 0 atom stereocenters. The first kappa shape index (κ1) is 34.5. The highest BCUT2D eigenvalue weighted by atomic mass is 15.1. The van der Waals surface area contributed by atoms with Gasteiger partial charge >= 0.3 is 0 Å². The molecule has 11 aromatic rings. The molecule has 0 aliphatic heterocycles. The number of fused-ring (bicyclic) bond motifs is 6. The van der Waals surface area contributed by atoms with Gasteiger partial charge in [-0.1, -0.05) is 182 Å². The van der Waals surface area contributed by atoms with Crippen molar-refractivity contribution in [3.05, 3.63) is 237 Å². The molecule has 1 nitrogen and oxygen atoms in total. The fraction of sp³-hybridized carbons (Fsp3) is 0. The third-order valence-corrected chi connectivity index (χ3v) is 11.8. The molecule has 0 aliphatic carbocycles. The molecule has 0 bridgehead atoms. The molecular formula is C58H39N. The van der Waals surface area contributed by atoms with Crippen LogP contribution >= 0.6 is 0 Å². The molecule has 0 aliphatic rings. The number of hydrogen-bond donors (Lipinski definition) is 0. The topological polar surface area (TPSA) is 3.24 Å². The van der Waals surface area contributed by atoms with E-state index in [9.17, 15) is 0 Å². The normalized spacial score (nSPS) is 11.4. The summed E-state index contributed by atoms with van der Waals surface area (Å²) in [6.45, 7) is 0. The van der Waals surface area contributed by atoms with Gasteiger partial charge in [-0.15, -0.1) is 0 Å². The summed E-state index contributed by atoms with van der Waals surface area (Å²) in [6, 6.07) is 86.1. The highest BCUT2D eigenvalue weighted by molar-refractivity contribution is 6.15. The summed E-state index contributed by atoms with van der Waals surface area (Å²) in [5.41, 5.74) is 13.0. The largest absolute Gasteiger partial charge is 0.311 e. The van der Waals surface area contributed by atoms with E-state index in [2.05, 4.69) is 241 Å². The fourth-order valence-electron chi connectivity index (χ4n) is 9.00. The van der Waals surface area contributed by atoms with Crippen LogP contribution in [-0.4, -0.2) is 0 Å². The third kappa shape index (κ3) is 6.21. The zero-order valence-electron chi connectivity index (χ0n) is 32.5. The molecule has 0 amide bonds. The Morgan fingerprint density at radius 2 is 0.610 bits per heavy atom. The van der Waals surface area contributed by atoms with Crippen LogP contribution in [0.4, 0.5) is 17.1 Å². The van der Waals surface area contributed by atoms with E-state index in [1.165, 1.54) is 87.6 Å². The Bertz CT molecular complexity index is 3290. The summed E-state index contributed by atoms with van der Waals surface area (Å²) in [4.78, 5) is 2.34. The van der Waals surface area contributed by atoms with E-state index in [-0.39, 0.29) is 0 Å². The molecule has 0 unspecified atom stereocenters. The average molecular weight is 750 g/mol. The van der Waals surface area contributed by atoms with E-state index in [1.807, 2.05) is 0 Å². The smallest absolute Gasteiger partial charge is 0.0462 e. The molecule has 276 valence electrons. The second-order valence-corrected chi connectivity index (χ2v) is 15.3. The Kier molecular flexibility index (Phi) is 8.56. The van der Waals surface area contributed by atoms with Crippen molar-refractivity contribution in [2.45, 2.75) is 0 Å². The molecule has 11 aromatic carbocycles. The minimum atomic E-state index is 1.10. The second kappa shape index (κ2) is 14.6. The lowest BCUT2D eigenvalue weighted by atomic mass is 9.87. The van der Waals surface area contributed by atoms with Gasteiger partial charge < -0.3 is 4.90 Å². The van der Waals surface area contributed by atoms with Crippen LogP contribution in [0, 0.1) is 0 Å². The van der Waals surface area contributed by atoms with Crippen molar-refractivity contribution < 1.29 is 0 Å². The number of para-hydroxylation sites is 1. The maximum atomic E-state index is 2.37. The molecule has 11 rings (SSSR count). The average Bonchev–Trinajstić information content (AvgIpc) is 3.32. The van der Waals surface area contributed by atoms with E-state index in [4.69, 9.17) is 0 Å². The van der Waals surface area contributed by atoms with E-state index in [1.54, 1.807) is 0 Å². The summed E-state index contributed by atoms with van der Waals surface area (Å²) in [7, 11) is 0. The van der Waals surface area contributed by atoms with E-state index >= 15 is 0 Å². The van der Waals surface area contributed by atoms with Crippen LogP contribution in [-0.2, 0) is 0 Å². The minimum absolute atomic E-state index is 1.10. The molecule has 0 saturated heterocycles. The summed E-state index contributed by atoms with van der Waals surface area (Å²) < 4.78 is 0. The number of hydrogen-bond acceptors (Lipinski definition) is 1. The van der Waals surface area contributed by atoms with Gasteiger partial charge in [-0.2, -0.15) is 0 Å². The molecule has 0 spiro atoms. The van der Waals surface area contributed by atoms with Gasteiger partial charge in [0, 0.05) is 17.1 Å². The van der Waals surface area contributed by atoms with Gasteiger partial charge in [0.2, 0.25) is 0 Å². The minimum Gasteiger partial charge on any atom is -0.311 e. The first-order chi connectivity index (χ1) is 29.3. The van der Waals surface area contributed by atoms with Crippen LogP contribution in [0.25, 0.3) is 87.6 Å². The van der Waals surface area contributed by atoms with Crippen molar-refractivity contribution >= 4 is 60.2 Å². The molecule has 1 heteroatoms. The first-order valence-corrected chi connectivity index (χ1v) is 20.3. The molecule has 0 heterocycles. The predicted octanol–water partition coefficient (Wildman–Crippen LogP) is 16.4. The van der Waals surface area contributed by atoms with Crippen LogP contribution in [0.2, 0.25) is 0 Å². The number of anilines is 3. The molecule has 0 aromatic heterocycles. The number of benzene rings is 11. The van der Waals surface area contributed by atoms with Crippen LogP contribution in [0.3, 0.4) is 0 Å². The summed E-state index contributed by atoms with van der Waals surface area (Å²) in [5.74, 6) is 0. The molecule has 59 heavy (non-hydrogen) atoms. The summed E-state index contributed by atoms with van der Waals surface area (Å²) >= 11 is 0. The highest BCUT2D eigenvalue weighted by Gasteiger charge is 2.17. The fourth-order valence-corrected chi connectivity index (χ4v) is 9.00. The van der Waals surface area contributed by atoms with Gasteiger partial charge in [0.15, 0.2) is 0 Å². The standard InChI is InChI=1S/C58H39N/c1-3-15-41(16-4-1)56-37-43(31-36-55(56)58-39-45-18-8-10-22-50(45)52-24-12-14-26-54(52)58)40-27-32-47(33-28-40)59(46-19-5-2-6-20-46)48-34-29-42(30-35-48)57-38-44-17-7-9-21-49(44)51-23-11-13-25-53(51)57/h1-39H. The van der Waals surface area contributed by atoms with Crippen molar-refractivity contribution in [3.63, 3.8) is 0 Å². The number of rotatable bonds is 7. The third-order valence-electron chi connectivity index (χ3n) is 11.8. The SMILES string of the molecule is c1ccc(-c2cc(-c3ccc(N(c4ccccc4)c4ccc(-c5cc6ccccc6c6ccccc56)cc4)cc3)ccc2-c2cc3ccccc3c3ccccc23)cc1. The van der Waals surface area contributed by atoms with E-state index < -0.39 is 0 Å². The van der Waals surface area contributed by atoms with E-state index in [0.717, 1.165) is 17.1 Å². The summed E-state index contributed by atoms with van der Waals surface area (Å²) in [5, 5.41) is 10.2. The quantitative estimate of drug-likeness (QED) is 0.147. The van der Waals surface area contributed by atoms with Crippen LogP contribution < -0.4 is 4.90 Å². The lowest BCUT2D eigenvalue weighted by Gasteiger charge is -2.26. The van der Waals surface area contributed by atoms with Gasteiger partial charge in [-0.05, 0) is 142 Å². The predicted molar refractivity (Wildman–Crippen MR) is 253 cm³/mol. The Labute approximate surface area is 344 Å². The molecule has 0 radical (unpaired) electrons. The van der Waals surface area contributed by atoms with Crippen molar-refractivity contribution in [2.75, 3.05) is 4.90 Å². The van der Waals surface area contributed by atoms with Crippen molar-refractivity contribution in [1.29, 1.82) is 0 Å². The van der Waals surface area contributed by atoms with Gasteiger partial charge in [-0.25, -0.2) is 0 Å². The van der Waals surface area contributed by atoms with Gasteiger partial charge in [0.05, 0.1) is 0 Å². The maximum Gasteiger partial charge on any atom is 0.0462 e. The van der Waals surface area contributed by atoms with E-state index in [0.29, 0.717) is 0 Å². The van der Waals surface area contributed by atoms with Crippen LogP contribution in [0.15, 0.2) is 237 Å². The van der Waals surface area contributed by atoms with Gasteiger partial charge in [0.25, 0.3) is 0 Å². The summed E-state index contributed by atoms with van der Waals surface area (Å²) in [6.07, 6.45) is 0. The number of nitrogens with zero attached hydrogens (tertiary/aromatic N) is 1. The van der Waals surface area contributed by atoms with Crippen molar-refractivity contribution in [3.8, 4) is 44.5 Å². The zero-order chi connectivity index (χ0) is 39.1. The van der Waals surface area contributed by atoms with Gasteiger partial charge in [-0.3, -0.25) is 0 Å². The molecular weight excluding hydrogens is 711 g/mol. The van der Waals surface area contributed by atoms with Crippen molar-refractivity contribution in [1.82, 2.24) is 0 Å². The maximum absolute atomic E-state index is 2.37. The molecule has 0 N–H and O–H groups in total. The first-order valence-electron chi connectivity index (χ1n) is 20.3. The monoisotopic (exact) mass is 749 g/mol.